The molecule has 2 unspecified atom stereocenters. The molecule has 0 saturated carbocycles. The van der Waals surface area contributed by atoms with Gasteiger partial charge in [0.2, 0.25) is 0 Å². The second-order valence-corrected chi connectivity index (χ2v) is 9.76. The molecule has 0 saturated heterocycles. The van der Waals surface area contributed by atoms with E-state index in [9.17, 15) is 8.42 Å². The summed E-state index contributed by atoms with van der Waals surface area (Å²) < 4.78 is 27.9. The van der Waals surface area contributed by atoms with Crippen LogP contribution in [-0.2, 0) is 10.0 Å². The molecule has 25 heavy (non-hydrogen) atoms. The average molecular weight is 362 g/mol. The molecule has 6 nitrogen and oxygen atoms in total. The summed E-state index contributed by atoms with van der Waals surface area (Å²) in [5, 5.41) is 8.50. The number of fused-ring (bicyclic) bond motifs is 1. The smallest absolute Gasteiger partial charge is 0.282 e. The van der Waals surface area contributed by atoms with Crippen LogP contribution in [0.15, 0.2) is 51.1 Å². The number of nitrogens with zero attached hydrogens (tertiary/aromatic N) is 4. The van der Waals surface area contributed by atoms with Crippen molar-refractivity contribution in [2.45, 2.75) is 50.7 Å². The molecule has 1 aliphatic carbocycles. The Balaban J connectivity index is 2.15. The summed E-state index contributed by atoms with van der Waals surface area (Å²) in [4.78, 5) is 2.19. The van der Waals surface area contributed by atoms with Gasteiger partial charge in [-0.1, -0.05) is 42.8 Å². The van der Waals surface area contributed by atoms with Crippen LogP contribution in [0, 0.1) is 12.3 Å². The minimum absolute atomic E-state index is 0.152. The molecule has 2 aliphatic rings. The van der Waals surface area contributed by atoms with Crippen LogP contribution in [0.5, 0.6) is 0 Å². The van der Waals surface area contributed by atoms with Crippen LogP contribution in [-0.4, -0.2) is 43.5 Å². The predicted molar refractivity (Wildman–Crippen MR) is 97.4 cm³/mol. The predicted octanol–water partition coefficient (Wildman–Crippen LogP) is 3.37. The van der Waals surface area contributed by atoms with Crippen molar-refractivity contribution < 1.29 is 8.42 Å². The monoisotopic (exact) mass is 362 g/mol. The molecule has 2 atom stereocenters. The van der Waals surface area contributed by atoms with Crippen LogP contribution in [0.25, 0.3) is 0 Å². The van der Waals surface area contributed by atoms with Crippen LogP contribution in [0.2, 0.25) is 0 Å². The summed E-state index contributed by atoms with van der Waals surface area (Å²) in [6, 6.07) is 6.57. The first-order valence-corrected chi connectivity index (χ1v) is 9.84. The number of rotatable bonds is 3. The van der Waals surface area contributed by atoms with Crippen LogP contribution in [0.1, 0.15) is 32.8 Å². The lowest BCUT2D eigenvalue weighted by Gasteiger charge is -2.50. The van der Waals surface area contributed by atoms with E-state index in [1.54, 1.807) is 24.3 Å². The van der Waals surface area contributed by atoms with E-state index in [2.05, 4.69) is 30.3 Å². The Hall–Kier alpha value is -1.73. The van der Waals surface area contributed by atoms with Gasteiger partial charge in [0, 0.05) is 0 Å². The zero-order valence-corrected chi connectivity index (χ0v) is 16.5. The Kier molecular flexibility index (Phi) is 4.08. The van der Waals surface area contributed by atoms with E-state index in [-0.39, 0.29) is 16.4 Å². The first-order chi connectivity index (χ1) is 11.5. The first kappa shape index (κ1) is 18.1. The third-order valence-corrected chi connectivity index (χ3v) is 6.82. The summed E-state index contributed by atoms with van der Waals surface area (Å²) in [7, 11) is -0.00186. The van der Waals surface area contributed by atoms with Gasteiger partial charge in [-0.15, -0.1) is 4.41 Å². The maximum Gasteiger partial charge on any atom is 0.282 e. The Labute approximate surface area is 150 Å². The number of allylic oxidation sites excluding steroid dienone is 1. The maximum atomic E-state index is 13.4. The minimum atomic E-state index is -3.80. The lowest BCUT2D eigenvalue weighted by Crippen LogP contribution is -2.64. The van der Waals surface area contributed by atoms with Crippen molar-refractivity contribution in [3.63, 3.8) is 0 Å². The molecule has 1 aromatic carbocycles. The molecular formula is C18H26N4O2S. The Morgan fingerprint density at radius 2 is 1.76 bits per heavy atom. The van der Waals surface area contributed by atoms with E-state index in [4.69, 9.17) is 0 Å². The lowest BCUT2D eigenvalue weighted by atomic mass is 9.71. The van der Waals surface area contributed by atoms with Crippen molar-refractivity contribution in [1.29, 1.82) is 0 Å². The second kappa shape index (κ2) is 5.64. The van der Waals surface area contributed by atoms with Gasteiger partial charge in [-0.25, -0.2) is 0 Å². The molecule has 1 aliphatic heterocycles. The average Bonchev–Trinajstić information content (AvgIpc) is 2.88. The molecule has 0 aromatic heterocycles. The zero-order chi connectivity index (χ0) is 18.6. The van der Waals surface area contributed by atoms with Crippen molar-refractivity contribution in [2.24, 2.45) is 15.8 Å². The fourth-order valence-electron chi connectivity index (χ4n) is 4.05. The molecule has 7 heteroatoms. The van der Waals surface area contributed by atoms with Crippen LogP contribution in [0.3, 0.4) is 0 Å². The quantitative estimate of drug-likeness (QED) is 0.774. The highest BCUT2D eigenvalue weighted by Gasteiger charge is 2.59. The van der Waals surface area contributed by atoms with E-state index < -0.39 is 15.7 Å². The van der Waals surface area contributed by atoms with Crippen LogP contribution >= 0.6 is 0 Å². The van der Waals surface area contributed by atoms with Crippen molar-refractivity contribution >= 4 is 10.0 Å². The summed E-state index contributed by atoms with van der Waals surface area (Å²) >= 11 is 0. The van der Waals surface area contributed by atoms with E-state index in [0.717, 1.165) is 11.1 Å². The van der Waals surface area contributed by atoms with Gasteiger partial charge >= 0.3 is 0 Å². The molecule has 136 valence electrons. The van der Waals surface area contributed by atoms with Crippen LogP contribution in [0.4, 0.5) is 0 Å². The maximum absolute atomic E-state index is 13.4. The van der Waals surface area contributed by atoms with Crippen molar-refractivity contribution in [3.8, 4) is 0 Å². The molecule has 0 N–H and O–H groups in total. The number of hydrogen-bond donors (Lipinski definition) is 0. The number of aryl methyl sites for hydroxylation is 1. The standard InChI is InChI=1S/C18H26N4O2S/c1-13-7-9-15(10-8-13)25(23,24)22-18(21(5)6)12-17(3,4)11-14(2)16(18)19-20-22/h7-11,16H,12H2,1-6H3. The summed E-state index contributed by atoms with van der Waals surface area (Å²) in [5.41, 5.74) is 1.09. The Morgan fingerprint density at radius 3 is 2.32 bits per heavy atom. The molecule has 1 heterocycles. The van der Waals surface area contributed by atoms with Gasteiger partial charge in [-0.3, -0.25) is 4.90 Å². The highest BCUT2D eigenvalue weighted by molar-refractivity contribution is 7.89. The fraction of sp³-hybridized carbons (Fsp3) is 0.556. The van der Waals surface area contributed by atoms with E-state index in [1.165, 1.54) is 4.41 Å². The van der Waals surface area contributed by atoms with Gasteiger partial charge in [0.05, 0.1) is 4.90 Å². The lowest BCUT2D eigenvalue weighted by molar-refractivity contribution is 0.000549. The topological polar surface area (TPSA) is 65.3 Å². The number of benzene rings is 1. The zero-order valence-electron chi connectivity index (χ0n) is 15.7. The summed E-state index contributed by atoms with van der Waals surface area (Å²) in [6.45, 7) is 8.17. The van der Waals surface area contributed by atoms with Crippen molar-refractivity contribution in [3.05, 3.63) is 41.5 Å². The van der Waals surface area contributed by atoms with Gasteiger partial charge in [-0.2, -0.15) is 13.5 Å². The summed E-state index contributed by atoms with van der Waals surface area (Å²) in [6.07, 6.45) is 2.80. The Bertz CT molecular complexity index is 840. The molecule has 0 spiro atoms. The molecule has 3 rings (SSSR count). The van der Waals surface area contributed by atoms with Crippen molar-refractivity contribution in [1.82, 2.24) is 9.31 Å². The highest BCUT2D eigenvalue weighted by Crippen LogP contribution is 2.50. The van der Waals surface area contributed by atoms with Crippen LogP contribution < -0.4 is 0 Å². The van der Waals surface area contributed by atoms with E-state index in [0.29, 0.717) is 6.42 Å². The molecule has 0 radical (unpaired) electrons. The molecule has 0 amide bonds. The molecule has 0 bridgehead atoms. The third-order valence-electron chi connectivity index (χ3n) is 5.10. The SMILES string of the molecule is CC1=CC(C)(C)CC2(N(C)C)C1N=NN2S(=O)(=O)c1ccc(C)cc1. The Morgan fingerprint density at radius 1 is 1.16 bits per heavy atom. The molecule has 1 aromatic rings. The minimum Gasteiger partial charge on any atom is -0.283 e. The van der Waals surface area contributed by atoms with E-state index in [1.807, 2.05) is 32.8 Å². The number of sulfonamides is 1. The second-order valence-electron chi connectivity index (χ2n) is 8.00. The molecular weight excluding hydrogens is 336 g/mol. The third kappa shape index (κ3) is 2.69. The number of likely N-dealkylation sites (N-methyl/N-ethyl adjacent to an activating group) is 1. The highest BCUT2D eigenvalue weighted by atomic mass is 32.2. The van der Waals surface area contributed by atoms with Gasteiger partial charge in [0.15, 0.2) is 5.66 Å². The first-order valence-electron chi connectivity index (χ1n) is 8.40. The van der Waals surface area contributed by atoms with Crippen molar-refractivity contribution in [2.75, 3.05) is 14.1 Å². The van der Waals surface area contributed by atoms with Gasteiger partial charge in [0.1, 0.15) is 6.04 Å². The summed E-state index contributed by atoms with van der Waals surface area (Å²) in [5.74, 6) is 0. The largest absolute Gasteiger partial charge is 0.283 e. The number of hydrogen-bond acceptors (Lipinski definition) is 5. The van der Waals surface area contributed by atoms with Gasteiger partial charge in [0.25, 0.3) is 10.0 Å². The van der Waals surface area contributed by atoms with E-state index >= 15 is 0 Å². The van der Waals surface area contributed by atoms with Gasteiger partial charge < -0.3 is 0 Å². The fourth-order valence-corrected chi connectivity index (χ4v) is 5.61. The normalized spacial score (nSPS) is 28.2. The van der Waals surface area contributed by atoms with Gasteiger partial charge in [-0.05, 0) is 57.5 Å². The molecule has 0 fully saturated rings.